The SMILES string of the molecule is COCCN(C)C(=O)CC1CCC(C(=O)N(CC2CCC(c3ccc(OC)c(C)n3)CC2)c2cc(-c3coc(C4CC4)n3)ccn2)CC1. The first kappa shape index (κ1) is 34.1. The molecule has 0 bridgehead atoms. The number of anilines is 1. The van der Waals surface area contributed by atoms with Crippen molar-refractivity contribution in [2.45, 2.75) is 89.4 Å². The van der Waals surface area contributed by atoms with E-state index in [4.69, 9.17) is 28.8 Å². The number of aryl methyl sites for hydroxylation is 1. The van der Waals surface area contributed by atoms with Crippen molar-refractivity contribution < 1.29 is 23.5 Å². The Balaban J connectivity index is 1.14. The fourth-order valence-electron chi connectivity index (χ4n) is 7.46. The molecule has 0 atom stereocenters. The predicted molar refractivity (Wildman–Crippen MR) is 184 cm³/mol. The number of carbonyl (C=O) groups is 2. The van der Waals surface area contributed by atoms with E-state index < -0.39 is 0 Å². The number of hydrogen-bond donors (Lipinski definition) is 0. The molecule has 3 aromatic rings. The Bertz CT molecular complexity index is 1540. The molecule has 3 saturated carbocycles. The molecule has 3 aliphatic rings. The molecule has 0 spiro atoms. The van der Waals surface area contributed by atoms with Crippen LogP contribution in [-0.2, 0) is 14.3 Å². The normalized spacial score (nSPS) is 22.7. The summed E-state index contributed by atoms with van der Waals surface area (Å²) in [6.45, 7) is 3.77. The molecule has 3 fully saturated rings. The molecule has 3 heterocycles. The molecule has 2 amide bonds. The molecular weight excluding hydrogens is 606 g/mol. The van der Waals surface area contributed by atoms with Crippen LogP contribution in [0.2, 0.25) is 0 Å². The van der Waals surface area contributed by atoms with E-state index in [2.05, 4.69) is 6.07 Å². The van der Waals surface area contributed by atoms with Gasteiger partial charge in [-0.25, -0.2) is 9.97 Å². The van der Waals surface area contributed by atoms with Gasteiger partial charge in [-0.3, -0.25) is 19.5 Å². The number of nitrogens with zero attached hydrogens (tertiary/aromatic N) is 5. The molecule has 3 aromatic heterocycles. The first-order chi connectivity index (χ1) is 23.3. The Labute approximate surface area is 284 Å². The summed E-state index contributed by atoms with van der Waals surface area (Å²) in [5.41, 5.74) is 3.76. The minimum Gasteiger partial charge on any atom is -0.495 e. The summed E-state index contributed by atoms with van der Waals surface area (Å²) in [5.74, 6) is 4.05. The highest BCUT2D eigenvalue weighted by Gasteiger charge is 2.34. The number of rotatable bonds is 13. The predicted octanol–water partition coefficient (Wildman–Crippen LogP) is 6.93. The lowest BCUT2D eigenvalue weighted by atomic mass is 9.78. The molecule has 3 aliphatic carbocycles. The van der Waals surface area contributed by atoms with E-state index in [9.17, 15) is 9.59 Å². The molecule has 48 heavy (non-hydrogen) atoms. The number of amides is 2. The summed E-state index contributed by atoms with van der Waals surface area (Å²) < 4.78 is 16.3. The minimum atomic E-state index is -0.0793. The summed E-state index contributed by atoms with van der Waals surface area (Å²) in [5, 5.41) is 0. The van der Waals surface area contributed by atoms with Crippen molar-refractivity contribution in [2.24, 2.45) is 17.8 Å². The van der Waals surface area contributed by atoms with Gasteiger partial charge in [0.15, 0.2) is 5.89 Å². The van der Waals surface area contributed by atoms with Gasteiger partial charge < -0.3 is 18.8 Å². The van der Waals surface area contributed by atoms with E-state index in [1.54, 1.807) is 31.6 Å². The van der Waals surface area contributed by atoms with Gasteiger partial charge in [-0.1, -0.05) is 0 Å². The Morgan fingerprint density at radius 3 is 2.33 bits per heavy atom. The maximum Gasteiger partial charge on any atom is 0.231 e. The second kappa shape index (κ2) is 15.6. The topological polar surface area (TPSA) is 111 Å². The lowest BCUT2D eigenvalue weighted by Crippen LogP contribution is -2.42. The third-order valence-corrected chi connectivity index (χ3v) is 10.7. The Kier molecular flexibility index (Phi) is 11.1. The number of ether oxygens (including phenoxy) is 2. The zero-order chi connectivity index (χ0) is 33.6. The average Bonchev–Trinajstić information content (AvgIpc) is 3.85. The highest BCUT2D eigenvalue weighted by molar-refractivity contribution is 5.94. The third-order valence-electron chi connectivity index (χ3n) is 10.7. The minimum absolute atomic E-state index is 0.0793. The van der Waals surface area contributed by atoms with Crippen LogP contribution in [0.1, 0.15) is 99.7 Å². The van der Waals surface area contributed by atoms with Crippen molar-refractivity contribution >= 4 is 17.6 Å². The molecule has 0 saturated heterocycles. The molecule has 0 aromatic carbocycles. The molecule has 6 rings (SSSR count). The summed E-state index contributed by atoms with van der Waals surface area (Å²) in [7, 11) is 5.17. The number of methoxy groups -OCH3 is 2. The highest BCUT2D eigenvalue weighted by Crippen LogP contribution is 2.41. The van der Waals surface area contributed by atoms with Crippen LogP contribution in [0, 0.1) is 24.7 Å². The quantitative estimate of drug-likeness (QED) is 0.195. The lowest BCUT2D eigenvalue weighted by Gasteiger charge is -2.35. The summed E-state index contributed by atoms with van der Waals surface area (Å²) in [6, 6.07) is 8.07. The molecule has 10 heteroatoms. The van der Waals surface area contributed by atoms with Crippen LogP contribution in [-0.4, -0.2) is 72.6 Å². The molecule has 0 N–H and O–H groups in total. The maximum absolute atomic E-state index is 14.4. The maximum atomic E-state index is 14.4. The largest absolute Gasteiger partial charge is 0.495 e. The summed E-state index contributed by atoms with van der Waals surface area (Å²) in [4.78, 5) is 45.2. The molecule has 0 unspecified atom stereocenters. The summed E-state index contributed by atoms with van der Waals surface area (Å²) >= 11 is 0. The standard InChI is InChI=1S/C38H51N5O5/c1-25-34(47-4)16-15-32(40-25)28-9-7-27(8-10-28)23-43(35-22-31(17-18-39-35)33-24-48-37(41-33)29-13-14-29)38(45)30-11-5-26(6-12-30)21-36(44)42(2)19-20-46-3/h15-18,22,24,26-30H,5-14,19-21,23H2,1-4H3. The van der Waals surface area contributed by atoms with Crippen LogP contribution >= 0.6 is 0 Å². The Morgan fingerprint density at radius 1 is 0.917 bits per heavy atom. The van der Waals surface area contributed by atoms with Gasteiger partial charge in [-0.05, 0) is 107 Å². The second-order valence-corrected chi connectivity index (χ2v) is 14.2. The zero-order valence-electron chi connectivity index (χ0n) is 29.0. The molecule has 0 aliphatic heterocycles. The average molecular weight is 658 g/mol. The van der Waals surface area contributed by atoms with Crippen molar-refractivity contribution in [3.63, 3.8) is 0 Å². The van der Waals surface area contributed by atoms with Crippen molar-refractivity contribution in [1.29, 1.82) is 0 Å². The van der Waals surface area contributed by atoms with Gasteiger partial charge in [0.05, 0.1) is 19.4 Å². The van der Waals surface area contributed by atoms with Crippen molar-refractivity contribution in [3.05, 3.63) is 54.0 Å². The molecular formula is C38H51N5O5. The monoisotopic (exact) mass is 657 g/mol. The number of carbonyl (C=O) groups excluding carboxylic acids is 2. The number of likely N-dealkylation sites (N-methyl/N-ethyl adjacent to an activating group) is 1. The zero-order valence-corrected chi connectivity index (χ0v) is 29.0. The van der Waals surface area contributed by atoms with Crippen LogP contribution in [0.15, 0.2) is 41.1 Å². The number of pyridine rings is 2. The fourth-order valence-corrected chi connectivity index (χ4v) is 7.46. The molecule has 0 radical (unpaired) electrons. The Hall–Kier alpha value is -3.79. The van der Waals surface area contributed by atoms with Gasteiger partial charge in [-0.15, -0.1) is 0 Å². The van der Waals surface area contributed by atoms with Gasteiger partial charge in [0.2, 0.25) is 11.8 Å². The van der Waals surface area contributed by atoms with Crippen LogP contribution in [0.25, 0.3) is 11.3 Å². The molecule has 258 valence electrons. The summed E-state index contributed by atoms with van der Waals surface area (Å²) in [6.07, 6.45) is 13.8. The van der Waals surface area contributed by atoms with Crippen LogP contribution < -0.4 is 9.64 Å². The van der Waals surface area contributed by atoms with Gasteiger partial charge in [0, 0.05) is 68.9 Å². The van der Waals surface area contributed by atoms with Crippen LogP contribution in [0.3, 0.4) is 0 Å². The van der Waals surface area contributed by atoms with E-state index in [0.717, 1.165) is 98.5 Å². The van der Waals surface area contributed by atoms with E-state index in [1.807, 2.05) is 37.1 Å². The second-order valence-electron chi connectivity index (χ2n) is 14.2. The van der Waals surface area contributed by atoms with Gasteiger partial charge in [0.1, 0.15) is 23.5 Å². The number of aromatic nitrogens is 3. The smallest absolute Gasteiger partial charge is 0.231 e. The van der Waals surface area contributed by atoms with Crippen LogP contribution in [0.5, 0.6) is 5.75 Å². The van der Waals surface area contributed by atoms with Crippen molar-refractivity contribution in [1.82, 2.24) is 19.9 Å². The fraction of sp³-hybridized carbons (Fsp3) is 0.605. The first-order valence-corrected chi connectivity index (χ1v) is 17.8. The third kappa shape index (κ3) is 8.25. The van der Waals surface area contributed by atoms with E-state index in [0.29, 0.717) is 55.6 Å². The van der Waals surface area contributed by atoms with E-state index >= 15 is 0 Å². The molecule has 10 nitrogen and oxygen atoms in total. The number of hydrogen-bond acceptors (Lipinski definition) is 8. The Morgan fingerprint density at radius 2 is 1.65 bits per heavy atom. The van der Waals surface area contributed by atoms with Gasteiger partial charge in [0.25, 0.3) is 0 Å². The lowest BCUT2D eigenvalue weighted by molar-refractivity contribution is -0.131. The van der Waals surface area contributed by atoms with Crippen molar-refractivity contribution in [3.8, 4) is 17.0 Å². The van der Waals surface area contributed by atoms with Gasteiger partial charge in [-0.2, -0.15) is 0 Å². The van der Waals surface area contributed by atoms with E-state index in [-0.39, 0.29) is 17.7 Å². The van der Waals surface area contributed by atoms with Gasteiger partial charge >= 0.3 is 0 Å². The van der Waals surface area contributed by atoms with Crippen molar-refractivity contribution in [2.75, 3.05) is 45.9 Å². The van der Waals surface area contributed by atoms with E-state index in [1.165, 1.54) is 0 Å². The first-order valence-electron chi connectivity index (χ1n) is 17.8. The van der Waals surface area contributed by atoms with Crippen LogP contribution in [0.4, 0.5) is 5.82 Å². The number of oxazole rings is 1. The highest BCUT2D eigenvalue weighted by atomic mass is 16.5.